The molecule has 2 amide bonds. The molecule has 1 unspecified atom stereocenters. The van der Waals surface area contributed by atoms with Crippen LogP contribution < -0.4 is 14.8 Å². The van der Waals surface area contributed by atoms with Gasteiger partial charge in [-0.05, 0) is 37.5 Å². The van der Waals surface area contributed by atoms with Crippen LogP contribution in [0.25, 0.3) is 0 Å². The Morgan fingerprint density at radius 3 is 2.56 bits per heavy atom. The van der Waals surface area contributed by atoms with Gasteiger partial charge in [0.25, 0.3) is 0 Å². The SMILES string of the molecule is COc1ccc(OC)c(C2NC(=O)N(C)C(C)=C2C(=O)OCCC(C)C)c1. The fourth-order valence-electron chi connectivity index (χ4n) is 2.86. The standard InChI is InChI=1S/C20H28N2O5/c1-12(2)9-10-27-19(23)17-13(3)22(4)20(24)21-18(17)15-11-14(25-5)7-8-16(15)26-6/h7-8,11-12,18H,9-10H2,1-6H3,(H,21,24). The molecule has 0 spiro atoms. The maximum Gasteiger partial charge on any atom is 0.338 e. The Balaban J connectivity index is 2.46. The van der Waals surface area contributed by atoms with Crippen molar-refractivity contribution in [2.75, 3.05) is 27.9 Å². The van der Waals surface area contributed by atoms with E-state index in [0.717, 1.165) is 6.42 Å². The molecule has 27 heavy (non-hydrogen) atoms. The van der Waals surface area contributed by atoms with Crippen LogP contribution in [-0.4, -0.2) is 44.8 Å². The van der Waals surface area contributed by atoms with Crippen LogP contribution in [0.2, 0.25) is 0 Å². The molecule has 0 aromatic heterocycles. The van der Waals surface area contributed by atoms with Crippen LogP contribution in [0.4, 0.5) is 4.79 Å². The average molecular weight is 376 g/mol. The number of nitrogens with one attached hydrogen (secondary N) is 1. The van der Waals surface area contributed by atoms with Gasteiger partial charge in [-0.3, -0.25) is 0 Å². The highest BCUT2D eigenvalue weighted by Crippen LogP contribution is 2.37. The molecule has 1 atom stereocenters. The Morgan fingerprint density at radius 1 is 1.26 bits per heavy atom. The van der Waals surface area contributed by atoms with Crippen LogP contribution in [-0.2, 0) is 9.53 Å². The number of hydrogen-bond donors (Lipinski definition) is 1. The number of urea groups is 1. The Bertz CT molecular complexity index is 742. The molecule has 0 aliphatic carbocycles. The minimum atomic E-state index is -0.690. The largest absolute Gasteiger partial charge is 0.497 e. The van der Waals surface area contributed by atoms with E-state index in [-0.39, 0.29) is 6.03 Å². The summed E-state index contributed by atoms with van der Waals surface area (Å²) >= 11 is 0. The van der Waals surface area contributed by atoms with Crippen LogP contribution in [0, 0.1) is 5.92 Å². The van der Waals surface area contributed by atoms with Crippen LogP contribution in [0.1, 0.15) is 38.8 Å². The van der Waals surface area contributed by atoms with Crippen molar-refractivity contribution in [1.29, 1.82) is 0 Å². The highest BCUT2D eigenvalue weighted by atomic mass is 16.5. The van der Waals surface area contributed by atoms with Crippen LogP contribution >= 0.6 is 0 Å². The lowest BCUT2D eigenvalue weighted by molar-refractivity contribution is -0.140. The lowest BCUT2D eigenvalue weighted by Gasteiger charge is -2.33. The van der Waals surface area contributed by atoms with Gasteiger partial charge in [-0.1, -0.05) is 13.8 Å². The molecule has 148 valence electrons. The number of hydrogen-bond acceptors (Lipinski definition) is 5. The minimum Gasteiger partial charge on any atom is -0.497 e. The van der Waals surface area contributed by atoms with Crippen LogP contribution in [0.3, 0.4) is 0 Å². The van der Waals surface area contributed by atoms with Crippen molar-refractivity contribution < 1.29 is 23.8 Å². The maximum atomic E-state index is 12.8. The normalized spacial score (nSPS) is 17.1. The molecular weight excluding hydrogens is 348 g/mol. The third-order valence-corrected chi connectivity index (χ3v) is 4.65. The van der Waals surface area contributed by atoms with E-state index in [2.05, 4.69) is 19.2 Å². The number of amides is 2. The van der Waals surface area contributed by atoms with Gasteiger partial charge in [-0.25, -0.2) is 9.59 Å². The molecule has 1 aromatic rings. The first kappa shape index (κ1) is 20.6. The lowest BCUT2D eigenvalue weighted by Crippen LogP contribution is -2.46. The lowest BCUT2D eigenvalue weighted by atomic mass is 9.94. The van der Waals surface area contributed by atoms with Crippen molar-refractivity contribution in [2.24, 2.45) is 5.92 Å². The number of nitrogens with zero attached hydrogens (tertiary/aromatic N) is 1. The molecule has 1 N–H and O–H groups in total. The van der Waals surface area contributed by atoms with Crippen LogP contribution in [0.5, 0.6) is 11.5 Å². The summed E-state index contributed by atoms with van der Waals surface area (Å²) in [7, 11) is 4.71. The molecular formula is C20H28N2O5. The van der Waals surface area contributed by atoms with Crippen molar-refractivity contribution in [2.45, 2.75) is 33.2 Å². The van der Waals surface area contributed by atoms with Gasteiger partial charge in [0.15, 0.2) is 0 Å². The van der Waals surface area contributed by atoms with E-state index in [0.29, 0.717) is 40.9 Å². The molecule has 7 heteroatoms. The van der Waals surface area contributed by atoms with Gasteiger partial charge in [-0.2, -0.15) is 0 Å². The summed E-state index contributed by atoms with van der Waals surface area (Å²) in [6.45, 7) is 6.19. The summed E-state index contributed by atoms with van der Waals surface area (Å²) in [6.07, 6.45) is 0.771. The van der Waals surface area contributed by atoms with E-state index in [1.807, 2.05) is 0 Å². The van der Waals surface area contributed by atoms with Gasteiger partial charge in [0, 0.05) is 18.3 Å². The Hall–Kier alpha value is -2.70. The zero-order valence-electron chi connectivity index (χ0n) is 16.8. The second-order valence-electron chi connectivity index (χ2n) is 6.87. The van der Waals surface area contributed by atoms with Crippen molar-refractivity contribution in [3.63, 3.8) is 0 Å². The van der Waals surface area contributed by atoms with Gasteiger partial charge in [-0.15, -0.1) is 0 Å². The second-order valence-corrected chi connectivity index (χ2v) is 6.87. The first-order valence-corrected chi connectivity index (χ1v) is 8.94. The van der Waals surface area contributed by atoms with Gasteiger partial charge >= 0.3 is 12.0 Å². The Labute approximate surface area is 160 Å². The summed E-state index contributed by atoms with van der Waals surface area (Å²) < 4.78 is 16.2. The van der Waals surface area contributed by atoms with Gasteiger partial charge in [0.2, 0.25) is 0 Å². The van der Waals surface area contributed by atoms with E-state index in [4.69, 9.17) is 14.2 Å². The molecule has 0 radical (unpaired) electrons. The smallest absolute Gasteiger partial charge is 0.338 e. The van der Waals surface area contributed by atoms with Crippen molar-refractivity contribution in [1.82, 2.24) is 10.2 Å². The number of carbonyl (C=O) groups excluding carboxylic acids is 2. The quantitative estimate of drug-likeness (QED) is 0.739. The molecule has 1 aliphatic heterocycles. The predicted molar refractivity (Wildman–Crippen MR) is 102 cm³/mol. The van der Waals surface area contributed by atoms with E-state index in [1.165, 1.54) is 4.90 Å². The third kappa shape index (κ3) is 4.53. The fourth-order valence-corrected chi connectivity index (χ4v) is 2.86. The maximum absolute atomic E-state index is 12.8. The summed E-state index contributed by atoms with van der Waals surface area (Å²) in [5, 5.41) is 2.86. The van der Waals surface area contributed by atoms with Crippen molar-refractivity contribution >= 4 is 12.0 Å². The number of allylic oxidation sites excluding steroid dienone is 1. The number of methoxy groups -OCH3 is 2. The Kier molecular flexibility index (Phi) is 6.71. The first-order valence-electron chi connectivity index (χ1n) is 8.94. The van der Waals surface area contributed by atoms with E-state index in [9.17, 15) is 9.59 Å². The fraction of sp³-hybridized carbons (Fsp3) is 0.500. The molecule has 0 saturated heterocycles. The average Bonchev–Trinajstić information content (AvgIpc) is 2.64. The van der Waals surface area contributed by atoms with Crippen LogP contribution in [0.15, 0.2) is 29.5 Å². The zero-order chi connectivity index (χ0) is 20.1. The molecule has 1 heterocycles. The number of esters is 1. The summed E-state index contributed by atoms with van der Waals surface area (Å²) in [4.78, 5) is 26.6. The molecule has 7 nitrogen and oxygen atoms in total. The monoisotopic (exact) mass is 376 g/mol. The summed E-state index contributed by atoms with van der Waals surface area (Å²) in [6, 6.07) is 4.27. The molecule has 0 fully saturated rings. The molecule has 0 saturated carbocycles. The number of benzene rings is 1. The second kappa shape index (κ2) is 8.79. The minimum absolute atomic E-state index is 0.305. The first-order chi connectivity index (χ1) is 12.8. The van der Waals surface area contributed by atoms with E-state index >= 15 is 0 Å². The number of carbonyl (C=O) groups is 2. The molecule has 0 bridgehead atoms. The third-order valence-electron chi connectivity index (χ3n) is 4.65. The number of rotatable bonds is 7. The van der Waals surface area contributed by atoms with E-state index < -0.39 is 12.0 Å². The molecule has 1 aromatic carbocycles. The molecule has 2 rings (SSSR count). The topological polar surface area (TPSA) is 77.1 Å². The highest BCUT2D eigenvalue weighted by molar-refractivity contribution is 5.95. The van der Waals surface area contributed by atoms with Gasteiger partial charge < -0.3 is 24.4 Å². The number of ether oxygens (including phenoxy) is 3. The zero-order valence-corrected chi connectivity index (χ0v) is 16.8. The Morgan fingerprint density at radius 2 is 1.96 bits per heavy atom. The van der Waals surface area contributed by atoms with Gasteiger partial charge in [0.1, 0.15) is 11.5 Å². The van der Waals surface area contributed by atoms with Crippen molar-refractivity contribution in [3.05, 3.63) is 35.0 Å². The summed E-state index contributed by atoms with van der Waals surface area (Å²) in [5.41, 5.74) is 1.56. The van der Waals surface area contributed by atoms with Crippen molar-refractivity contribution in [3.8, 4) is 11.5 Å². The van der Waals surface area contributed by atoms with E-state index in [1.54, 1.807) is 46.4 Å². The highest BCUT2D eigenvalue weighted by Gasteiger charge is 2.36. The molecule has 1 aliphatic rings. The predicted octanol–water partition coefficient (Wildman–Crippen LogP) is 3.26. The summed E-state index contributed by atoms with van der Waals surface area (Å²) in [5.74, 6) is 1.13. The van der Waals surface area contributed by atoms with Gasteiger partial charge in [0.05, 0.1) is 32.4 Å².